The summed E-state index contributed by atoms with van der Waals surface area (Å²) in [6.45, 7) is 1.94. The van der Waals surface area contributed by atoms with Gasteiger partial charge in [0, 0.05) is 27.4 Å². The van der Waals surface area contributed by atoms with Crippen LogP contribution in [0.2, 0.25) is 0 Å². The molecule has 0 unspecified atom stereocenters. The third kappa shape index (κ3) is 4.72. The molecular weight excluding hydrogens is 438 g/mol. The predicted molar refractivity (Wildman–Crippen MR) is 127 cm³/mol. The summed E-state index contributed by atoms with van der Waals surface area (Å²) >= 11 is 3.47. The highest BCUT2D eigenvalue weighted by molar-refractivity contribution is 9.10. The van der Waals surface area contributed by atoms with Crippen LogP contribution in [0.4, 0.5) is 11.5 Å². The van der Waals surface area contributed by atoms with Gasteiger partial charge in [0.25, 0.3) is 0 Å². The van der Waals surface area contributed by atoms with Crippen LogP contribution in [0, 0.1) is 0 Å². The first-order valence-corrected chi connectivity index (χ1v) is 10.2. The van der Waals surface area contributed by atoms with E-state index in [0.717, 1.165) is 38.3 Å². The van der Waals surface area contributed by atoms with E-state index in [-0.39, 0.29) is 0 Å². The summed E-state index contributed by atoms with van der Waals surface area (Å²) in [7, 11) is 0. The van der Waals surface area contributed by atoms with Crippen molar-refractivity contribution in [3.05, 3.63) is 95.0 Å². The van der Waals surface area contributed by atoms with E-state index >= 15 is 0 Å². The molecule has 3 N–H and O–H groups in total. The van der Waals surface area contributed by atoms with Crippen LogP contribution in [-0.2, 0) is 0 Å². The van der Waals surface area contributed by atoms with Gasteiger partial charge in [-0.15, -0.1) is 0 Å². The highest BCUT2D eigenvalue weighted by Gasteiger charge is 2.09. The second-order valence-corrected chi connectivity index (χ2v) is 7.68. The maximum atomic E-state index is 5.77. The molecule has 0 aliphatic rings. The molecule has 0 amide bonds. The zero-order valence-electron chi connectivity index (χ0n) is 16.4. The summed E-state index contributed by atoms with van der Waals surface area (Å²) in [6.07, 6.45) is 0. The second kappa shape index (κ2) is 8.88. The number of aromatic nitrogens is 2. The Hall–Kier alpha value is -3.51. The Kier molecular flexibility index (Phi) is 5.86. The van der Waals surface area contributed by atoms with Crippen molar-refractivity contribution >= 4 is 33.1 Å². The fourth-order valence-electron chi connectivity index (χ4n) is 2.92. The molecule has 5 nitrogen and oxygen atoms in total. The fourth-order valence-corrected chi connectivity index (χ4v) is 3.18. The lowest BCUT2D eigenvalue weighted by Gasteiger charge is -2.09. The van der Waals surface area contributed by atoms with Crippen LogP contribution in [0.3, 0.4) is 0 Å². The third-order valence-corrected chi connectivity index (χ3v) is 5.09. The van der Waals surface area contributed by atoms with Crippen molar-refractivity contribution < 1.29 is 0 Å². The standard InChI is InChI=1S/C24H20BrN5/c1-16(17-9-13-21(26)14-10-17)29-30-23-15-22(18-5-3-2-4-6-18)27-24(28-23)19-7-11-20(25)12-8-19/h2-15H,26H2,1H3,(H,27,28,30)/b29-16-. The van der Waals surface area contributed by atoms with E-state index in [1.165, 1.54) is 0 Å². The Morgan fingerprint density at radius 1 is 0.867 bits per heavy atom. The summed E-state index contributed by atoms with van der Waals surface area (Å²) in [5, 5.41) is 4.51. The highest BCUT2D eigenvalue weighted by atomic mass is 79.9. The number of benzene rings is 3. The predicted octanol–water partition coefficient (Wildman–Crippen LogP) is 5.99. The molecule has 148 valence electrons. The van der Waals surface area contributed by atoms with Gasteiger partial charge in [-0.1, -0.05) is 70.5 Å². The molecule has 0 radical (unpaired) electrons. The third-order valence-electron chi connectivity index (χ3n) is 4.56. The fraction of sp³-hybridized carbons (Fsp3) is 0.0417. The molecule has 0 aliphatic carbocycles. The van der Waals surface area contributed by atoms with Gasteiger partial charge in [0.2, 0.25) is 0 Å². The van der Waals surface area contributed by atoms with Gasteiger partial charge >= 0.3 is 0 Å². The van der Waals surface area contributed by atoms with Gasteiger partial charge in [0.15, 0.2) is 11.6 Å². The molecular formula is C24H20BrN5. The Balaban J connectivity index is 1.71. The van der Waals surface area contributed by atoms with Crippen LogP contribution >= 0.6 is 15.9 Å². The van der Waals surface area contributed by atoms with Crippen LogP contribution in [0.25, 0.3) is 22.6 Å². The Morgan fingerprint density at radius 3 is 2.27 bits per heavy atom. The van der Waals surface area contributed by atoms with Crippen molar-refractivity contribution in [2.24, 2.45) is 5.10 Å². The number of nitrogens with zero attached hydrogens (tertiary/aromatic N) is 3. The van der Waals surface area contributed by atoms with Crippen LogP contribution in [0.1, 0.15) is 12.5 Å². The van der Waals surface area contributed by atoms with Crippen molar-refractivity contribution in [3.8, 4) is 22.6 Å². The average molecular weight is 458 g/mol. The minimum absolute atomic E-state index is 0.622. The van der Waals surface area contributed by atoms with Crippen molar-refractivity contribution in [2.75, 3.05) is 11.2 Å². The second-order valence-electron chi connectivity index (χ2n) is 6.77. The lowest BCUT2D eigenvalue weighted by atomic mass is 10.1. The van der Waals surface area contributed by atoms with E-state index in [1.807, 2.05) is 91.9 Å². The molecule has 4 rings (SSSR count). The largest absolute Gasteiger partial charge is 0.399 e. The SMILES string of the molecule is C/C(=N/Nc1cc(-c2ccccc2)nc(-c2ccc(Br)cc2)n1)c1ccc(N)cc1. The van der Waals surface area contributed by atoms with E-state index in [2.05, 4.69) is 31.4 Å². The topological polar surface area (TPSA) is 76.2 Å². The molecule has 1 heterocycles. The minimum atomic E-state index is 0.622. The van der Waals surface area contributed by atoms with Crippen molar-refractivity contribution in [3.63, 3.8) is 0 Å². The molecule has 0 saturated heterocycles. The number of rotatable bonds is 5. The number of nitrogens with one attached hydrogen (secondary N) is 1. The highest BCUT2D eigenvalue weighted by Crippen LogP contribution is 2.25. The molecule has 6 heteroatoms. The van der Waals surface area contributed by atoms with Gasteiger partial charge in [-0.3, -0.25) is 5.43 Å². The molecule has 0 saturated carbocycles. The van der Waals surface area contributed by atoms with Gasteiger partial charge in [-0.2, -0.15) is 5.10 Å². The monoisotopic (exact) mass is 457 g/mol. The van der Waals surface area contributed by atoms with Crippen molar-refractivity contribution in [2.45, 2.75) is 6.92 Å². The number of halogens is 1. The van der Waals surface area contributed by atoms with Gasteiger partial charge in [0.05, 0.1) is 11.4 Å². The van der Waals surface area contributed by atoms with E-state index in [0.29, 0.717) is 11.6 Å². The first-order valence-electron chi connectivity index (χ1n) is 9.45. The number of anilines is 2. The summed E-state index contributed by atoms with van der Waals surface area (Å²) in [5.41, 5.74) is 14.2. The van der Waals surface area contributed by atoms with E-state index < -0.39 is 0 Å². The molecule has 1 aromatic heterocycles. The lowest BCUT2D eigenvalue weighted by Crippen LogP contribution is -2.03. The molecule has 0 aliphatic heterocycles. The van der Waals surface area contributed by atoms with E-state index in [4.69, 9.17) is 10.7 Å². The minimum Gasteiger partial charge on any atom is -0.399 e. The summed E-state index contributed by atoms with van der Waals surface area (Å²) in [6, 6.07) is 27.5. The van der Waals surface area contributed by atoms with E-state index in [9.17, 15) is 0 Å². The Morgan fingerprint density at radius 2 is 1.57 bits per heavy atom. The maximum Gasteiger partial charge on any atom is 0.162 e. The van der Waals surface area contributed by atoms with Gasteiger partial charge < -0.3 is 5.73 Å². The van der Waals surface area contributed by atoms with Gasteiger partial charge in [-0.05, 0) is 36.8 Å². The van der Waals surface area contributed by atoms with Crippen molar-refractivity contribution in [1.29, 1.82) is 0 Å². The number of hydrazone groups is 1. The molecule has 0 bridgehead atoms. The smallest absolute Gasteiger partial charge is 0.162 e. The summed E-state index contributed by atoms with van der Waals surface area (Å²) in [4.78, 5) is 9.44. The molecule has 3 aromatic carbocycles. The first kappa shape index (κ1) is 19.8. The summed E-state index contributed by atoms with van der Waals surface area (Å²) in [5.74, 6) is 1.25. The zero-order valence-corrected chi connectivity index (χ0v) is 18.0. The number of nitrogen functional groups attached to an aromatic ring is 1. The average Bonchev–Trinajstić information content (AvgIpc) is 2.79. The number of nitrogens with two attached hydrogens (primary N) is 1. The Labute approximate surface area is 183 Å². The van der Waals surface area contributed by atoms with Crippen LogP contribution < -0.4 is 11.2 Å². The molecule has 0 fully saturated rings. The summed E-state index contributed by atoms with van der Waals surface area (Å²) < 4.78 is 1.01. The molecule has 0 spiro atoms. The quantitative estimate of drug-likeness (QED) is 0.219. The normalized spacial score (nSPS) is 11.3. The number of hydrogen-bond acceptors (Lipinski definition) is 5. The first-order chi connectivity index (χ1) is 14.6. The van der Waals surface area contributed by atoms with Crippen molar-refractivity contribution in [1.82, 2.24) is 9.97 Å². The van der Waals surface area contributed by atoms with Crippen LogP contribution in [0.15, 0.2) is 94.5 Å². The zero-order chi connectivity index (χ0) is 20.9. The van der Waals surface area contributed by atoms with Crippen LogP contribution in [0.5, 0.6) is 0 Å². The molecule has 30 heavy (non-hydrogen) atoms. The Bertz CT molecular complexity index is 1170. The van der Waals surface area contributed by atoms with Crippen LogP contribution in [-0.4, -0.2) is 15.7 Å². The van der Waals surface area contributed by atoms with Gasteiger partial charge in [0.1, 0.15) is 0 Å². The van der Waals surface area contributed by atoms with Gasteiger partial charge in [-0.25, -0.2) is 9.97 Å². The molecule has 4 aromatic rings. The molecule has 0 atom stereocenters. The number of hydrogen-bond donors (Lipinski definition) is 2. The maximum absolute atomic E-state index is 5.77. The lowest BCUT2D eigenvalue weighted by molar-refractivity contribution is 1.15. The van der Waals surface area contributed by atoms with E-state index in [1.54, 1.807) is 0 Å².